The van der Waals surface area contributed by atoms with Gasteiger partial charge in [-0.15, -0.1) is 0 Å². The van der Waals surface area contributed by atoms with Crippen molar-refractivity contribution in [3.05, 3.63) is 47.2 Å². The summed E-state index contributed by atoms with van der Waals surface area (Å²) in [6.45, 7) is 0.516. The van der Waals surface area contributed by atoms with E-state index in [0.29, 0.717) is 6.54 Å². The highest BCUT2D eigenvalue weighted by Crippen LogP contribution is 2.40. The van der Waals surface area contributed by atoms with Crippen molar-refractivity contribution < 1.29 is 4.74 Å². The minimum absolute atomic E-state index is 0.0547. The quantitative estimate of drug-likeness (QED) is 0.903. The van der Waals surface area contributed by atoms with Gasteiger partial charge in [-0.3, -0.25) is 4.98 Å². The molecule has 4 heteroatoms. The number of aromatic nitrogens is 1. The first-order valence-corrected chi connectivity index (χ1v) is 6.25. The van der Waals surface area contributed by atoms with Crippen LogP contribution in [0.2, 0.25) is 5.02 Å². The Morgan fingerprint density at radius 3 is 2.83 bits per heavy atom. The highest BCUT2D eigenvalue weighted by Gasteiger charge is 2.25. The van der Waals surface area contributed by atoms with E-state index in [-0.39, 0.29) is 6.10 Å². The molecule has 18 heavy (non-hydrogen) atoms. The van der Waals surface area contributed by atoms with Crippen LogP contribution in [0.5, 0.6) is 5.75 Å². The van der Waals surface area contributed by atoms with E-state index in [1.54, 1.807) is 12.4 Å². The molecule has 0 amide bonds. The molecule has 0 fully saturated rings. The molecule has 1 aromatic carbocycles. The predicted molar refractivity (Wildman–Crippen MR) is 71.9 cm³/mol. The molecule has 0 saturated heterocycles. The molecule has 1 aliphatic rings. The van der Waals surface area contributed by atoms with E-state index in [1.165, 1.54) is 0 Å². The van der Waals surface area contributed by atoms with Crippen molar-refractivity contribution in [1.29, 1.82) is 0 Å². The number of benzene rings is 1. The number of halogens is 1. The van der Waals surface area contributed by atoms with Gasteiger partial charge in [0, 0.05) is 35.9 Å². The molecule has 0 aliphatic carbocycles. The smallest absolute Gasteiger partial charge is 0.131 e. The molecule has 2 aromatic rings. The lowest BCUT2D eigenvalue weighted by molar-refractivity contribution is 0.242. The van der Waals surface area contributed by atoms with Crippen LogP contribution in [-0.4, -0.2) is 17.6 Å². The van der Waals surface area contributed by atoms with Crippen molar-refractivity contribution in [2.75, 3.05) is 6.54 Å². The molecule has 3 rings (SSSR count). The molecule has 1 aromatic heterocycles. The van der Waals surface area contributed by atoms with E-state index < -0.39 is 0 Å². The molecule has 0 bridgehead atoms. The van der Waals surface area contributed by atoms with Gasteiger partial charge in [0.05, 0.1) is 0 Å². The number of rotatable bonds is 2. The molecular formula is C14H13ClN2O. The summed E-state index contributed by atoms with van der Waals surface area (Å²) in [4.78, 5) is 4.02. The molecule has 3 nitrogen and oxygen atoms in total. The Morgan fingerprint density at radius 1 is 1.33 bits per heavy atom. The van der Waals surface area contributed by atoms with Gasteiger partial charge in [-0.2, -0.15) is 0 Å². The lowest BCUT2D eigenvalue weighted by Crippen LogP contribution is -2.24. The van der Waals surface area contributed by atoms with Crippen LogP contribution >= 0.6 is 11.6 Å². The fraction of sp³-hybridized carbons (Fsp3) is 0.214. The monoisotopic (exact) mass is 260 g/mol. The lowest BCUT2D eigenvalue weighted by Gasteiger charge is -2.11. The molecule has 0 saturated carbocycles. The van der Waals surface area contributed by atoms with Crippen molar-refractivity contribution >= 4 is 11.6 Å². The van der Waals surface area contributed by atoms with E-state index in [2.05, 4.69) is 4.98 Å². The zero-order valence-corrected chi connectivity index (χ0v) is 10.5. The first-order valence-electron chi connectivity index (χ1n) is 5.87. The second-order valence-electron chi connectivity index (χ2n) is 4.36. The van der Waals surface area contributed by atoms with Crippen molar-refractivity contribution in [2.45, 2.75) is 12.5 Å². The van der Waals surface area contributed by atoms with Crippen molar-refractivity contribution in [3.8, 4) is 16.9 Å². The van der Waals surface area contributed by atoms with Crippen molar-refractivity contribution in [1.82, 2.24) is 4.98 Å². The summed E-state index contributed by atoms with van der Waals surface area (Å²) < 4.78 is 5.89. The second-order valence-corrected chi connectivity index (χ2v) is 4.79. The Bertz CT molecular complexity index is 572. The summed E-state index contributed by atoms with van der Waals surface area (Å²) in [6, 6.07) is 7.78. The minimum atomic E-state index is 0.0547. The molecule has 1 aliphatic heterocycles. The summed E-state index contributed by atoms with van der Waals surface area (Å²) in [6.07, 6.45) is 4.40. The van der Waals surface area contributed by atoms with Gasteiger partial charge in [0.25, 0.3) is 0 Å². The summed E-state index contributed by atoms with van der Waals surface area (Å²) in [7, 11) is 0. The Kier molecular flexibility index (Phi) is 2.94. The fourth-order valence-electron chi connectivity index (χ4n) is 2.27. The third-order valence-electron chi connectivity index (χ3n) is 3.12. The molecule has 92 valence electrons. The Morgan fingerprint density at radius 2 is 2.11 bits per heavy atom. The van der Waals surface area contributed by atoms with E-state index >= 15 is 0 Å². The Hall–Kier alpha value is -1.58. The third-order valence-corrected chi connectivity index (χ3v) is 3.34. The molecule has 0 unspecified atom stereocenters. The van der Waals surface area contributed by atoms with Crippen LogP contribution in [0, 0.1) is 0 Å². The number of hydrogen-bond donors (Lipinski definition) is 1. The maximum absolute atomic E-state index is 6.17. The van der Waals surface area contributed by atoms with Crippen LogP contribution in [0.25, 0.3) is 11.1 Å². The average molecular weight is 261 g/mol. The average Bonchev–Trinajstić information content (AvgIpc) is 2.81. The van der Waals surface area contributed by atoms with Crippen LogP contribution < -0.4 is 10.5 Å². The topological polar surface area (TPSA) is 48.1 Å². The zero-order chi connectivity index (χ0) is 12.5. The molecular weight excluding hydrogens is 248 g/mol. The number of pyridine rings is 1. The van der Waals surface area contributed by atoms with E-state index in [1.807, 2.05) is 24.3 Å². The summed E-state index contributed by atoms with van der Waals surface area (Å²) >= 11 is 6.17. The lowest BCUT2D eigenvalue weighted by atomic mass is 10.0. The standard InChI is InChI=1S/C14H13ClN2O/c15-11-5-10-6-12(8-16)18-14(10)13(7-11)9-1-3-17-4-2-9/h1-5,7,12H,6,8,16H2/t12-/m1/s1. The summed E-state index contributed by atoms with van der Waals surface area (Å²) in [5.41, 5.74) is 8.87. The second kappa shape index (κ2) is 4.59. The molecule has 0 spiro atoms. The number of nitrogens with zero attached hydrogens (tertiary/aromatic N) is 1. The van der Waals surface area contributed by atoms with Gasteiger partial charge in [0.2, 0.25) is 0 Å². The highest BCUT2D eigenvalue weighted by atomic mass is 35.5. The first kappa shape index (κ1) is 11.5. The minimum Gasteiger partial charge on any atom is -0.488 e. The zero-order valence-electron chi connectivity index (χ0n) is 9.77. The Labute approximate surface area is 111 Å². The van der Waals surface area contributed by atoms with Gasteiger partial charge in [0.15, 0.2) is 0 Å². The summed E-state index contributed by atoms with van der Waals surface area (Å²) in [5, 5.41) is 0.724. The van der Waals surface area contributed by atoms with Crippen LogP contribution in [0.1, 0.15) is 5.56 Å². The number of hydrogen-bond acceptors (Lipinski definition) is 3. The maximum atomic E-state index is 6.17. The fourth-order valence-corrected chi connectivity index (χ4v) is 2.51. The Balaban J connectivity index is 2.12. The number of fused-ring (bicyclic) bond motifs is 1. The maximum Gasteiger partial charge on any atom is 0.131 e. The van der Waals surface area contributed by atoms with Crippen LogP contribution in [0.15, 0.2) is 36.7 Å². The number of nitrogens with two attached hydrogens (primary N) is 1. The number of ether oxygens (including phenoxy) is 1. The molecule has 2 N–H and O–H groups in total. The molecule has 1 atom stereocenters. The van der Waals surface area contributed by atoms with Gasteiger partial charge >= 0.3 is 0 Å². The molecule has 0 radical (unpaired) electrons. The SMILES string of the molecule is NC[C@H]1Cc2cc(Cl)cc(-c3ccncc3)c2O1. The first-order chi connectivity index (χ1) is 8.78. The summed E-state index contributed by atoms with van der Waals surface area (Å²) in [5.74, 6) is 0.904. The highest BCUT2D eigenvalue weighted by molar-refractivity contribution is 6.31. The van der Waals surface area contributed by atoms with E-state index in [4.69, 9.17) is 22.1 Å². The predicted octanol–water partition coefficient (Wildman–Crippen LogP) is 2.66. The van der Waals surface area contributed by atoms with Crippen LogP contribution in [0.4, 0.5) is 0 Å². The third kappa shape index (κ3) is 1.96. The van der Waals surface area contributed by atoms with E-state index in [9.17, 15) is 0 Å². The van der Waals surface area contributed by atoms with Gasteiger partial charge < -0.3 is 10.5 Å². The largest absolute Gasteiger partial charge is 0.488 e. The van der Waals surface area contributed by atoms with E-state index in [0.717, 1.165) is 33.9 Å². The van der Waals surface area contributed by atoms with Gasteiger partial charge in [0.1, 0.15) is 11.9 Å². The normalized spacial score (nSPS) is 17.3. The van der Waals surface area contributed by atoms with Gasteiger partial charge in [-0.05, 0) is 35.4 Å². The van der Waals surface area contributed by atoms with Gasteiger partial charge in [-0.1, -0.05) is 11.6 Å². The van der Waals surface area contributed by atoms with Crippen molar-refractivity contribution in [2.24, 2.45) is 5.73 Å². The van der Waals surface area contributed by atoms with Crippen LogP contribution in [-0.2, 0) is 6.42 Å². The van der Waals surface area contributed by atoms with Gasteiger partial charge in [-0.25, -0.2) is 0 Å². The van der Waals surface area contributed by atoms with Crippen molar-refractivity contribution in [3.63, 3.8) is 0 Å². The van der Waals surface area contributed by atoms with Crippen LogP contribution in [0.3, 0.4) is 0 Å². The molecule has 2 heterocycles.